The number of para-hydroxylation sites is 1. The van der Waals surface area contributed by atoms with E-state index in [1.165, 1.54) is 0 Å². The Morgan fingerprint density at radius 2 is 1.88 bits per heavy atom. The second-order valence-electron chi connectivity index (χ2n) is 5.82. The average Bonchev–Trinajstić information content (AvgIpc) is 2.68. The Hall–Kier alpha value is -3.06. The molecule has 3 aromatic rings. The summed E-state index contributed by atoms with van der Waals surface area (Å²) in [5, 5.41) is 7.52. The van der Waals surface area contributed by atoms with Crippen LogP contribution in [0, 0.1) is 0 Å². The molecule has 0 aliphatic carbocycles. The number of nitrogens with one attached hydrogen (secondary N) is 2. The summed E-state index contributed by atoms with van der Waals surface area (Å²) in [7, 11) is 1.68. The third-order valence-corrected chi connectivity index (χ3v) is 4.00. The molecule has 2 heterocycles. The van der Waals surface area contributed by atoms with E-state index in [-0.39, 0.29) is 0 Å². The van der Waals surface area contributed by atoms with E-state index in [0.717, 1.165) is 33.9 Å². The van der Waals surface area contributed by atoms with Crippen molar-refractivity contribution in [3.8, 4) is 11.5 Å². The molecule has 134 valence electrons. The van der Waals surface area contributed by atoms with Crippen LogP contribution in [0.15, 0.2) is 42.5 Å². The van der Waals surface area contributed by atoms with Crippen molar-refractivity contribution >= 4 is 28.4 Å². The molecule has 1 aliphatic heterocycles. The SMILES string of the molecule is COCCNc1nc(Nc2ccc3c(c2)OCCO3)nc2ccccc12. The molecule has 0 radical (unpaired) electrons. The van der Waals surface area contributed by atoms with E-state index in [9.17, 15) is 0 Å². The van der Waals surface area contributed by atoms with Crippen LogP contribution in [-0.4, -0.2) is 43.4 Å². The number of aromatic nitrogens is 2. The van der Waals surface area contributed by atoms with E-state index in [1.54, 1.807) is 7.11 Å². The normalized spacial score (nSPS) is 12.8. The van der Waals surface area contributed by atoms with Crippen LogP contribution in [0.1, 0.15) is 0 Å². The number of anilines is 3. The van der Waals surface area contributed by atoms with E-state index in [2.05, 4.69) is 20.6 Å². The van der Waals surface area contributed by atoms with E-state index < -0.39 is 0 Å². The van der Waals surface area contributed by atoms with Gasteiger partial charge in [0.1, 0.15) is 19.0 Å². The first-order chi connectivity index (χ1) is 12.8. The second-order valence-corrected chi connectivity index (χ2v) is 5.82. The molecule has 0 amide bonds. The lowest BCUT2D eigenvalue weighted by atomic mass is 10.2. The highest BCUT2D eigenvalue weighted by molar-refractivity contribution is 5.90. The summed E-state index contributed by atoms with van der Waals surface area (Å²) in [6.45, 7) is 2.39. The zero-order valence-corrected chi connectivity index (χ0v) is 14.5. The molecule has 0 atom stereocenters. The van der Waals surface area contributed by atoms with Gasteiger partial charge in [-0.3, -0.25) is 0 Å². The summed E-state index contributed by atoms with van der Waals surface area (Å²) >= 11 is 0. The average molecular weight is 352 g/mol. The fraction of sp³-hybridized carbons (Fsp3) is 0.263. The van der Waals surface area contributed by atoms with E-state index in [0.29, 0.717) is 32.3 Å². The Morgan fingerprint density at radius 3 is 2.77 bits per heavy atom. The van der Waals surface area contributed by atoms with E-state index >= 15 is 0 Å². The number of rotatable bonds is 6. The predicted octanol–water partition coefficient (Wildman–Crippen LogP) is 3.20. The van der Waals surface area contributed by atoms with Gasteiger partial charge in [0, 0.05) is 30.8 Å². The first-order valence-corrected chi connectivity index (χ1v) is 8.50. The van der Waals surface area contributed by atoms with Gasteiger partial charge in [-0.1, -0.05) is 12.1 Å². The maximum atomic E-state index is 5.63. The zero-order chi connectivity index (χ0) is 17.8. The summed E-state index contributed by atoms with van der Waals surface area (Å²) in [4.78, 5) is 9.23. The Bertz CT molecular complexity index is 916. The van der Waals surface area contributed by atoms with Crippen molar-refractivity contribution in [2.24, 2.45) is 0 Å². The first-order valence-electron chi connectivity index (χ1n) is 8.50. The fourth-order valence-corrected chi connectivity index (χ4v) is 2.79. The largest absolute Gasteiger partial charge is 0.486 e. The number of ether oxygens (including phenoxy) is 3. The van der Waals surface area contributed by atoms with Gasteiger partial charge >= 0.3 is 0 Å². The van der Waals surface area contributed by atoms with Crippen LogP contribution in [-0.2, 0) is 4.74 Å². The molecule has 0 saturated carbocycles. The molecule has 7 nitrogen and oxygen atoms in total. The summed E-state index contributed by atoms with van der Waals surface area (Å²) in [5.41, 5.74) is 1.70. The molecular weight excluding hydrogens is 332 g/mol. The molecule has 7 heteroatoms. The fourth-order valence-electron chi connectivity index (χ4n) is 2.79. The van der Waals surface area contributed by atoms with Gasteiger partial charge in [0.2, 0.25) is 5.95 Å². The molecule has 2 N–H and O–H groups in total. The highest BCUT2D eigenvalue weighted by Crippen LogP contribution is 2.33. The van der Waals surface area contributed by atoms with Crippen LogP contribution in [0.3, 0.4) is 0 Å². The van der Waals surface area contributed by atoms with Gasteiger partial charge in [-0.15, -0.1) is 0 Å². The molecule has 4 rings (SSSR count). The maximum absolute atomic E-state index is 5.63. The monoisotopic (exact) mass is 352 g/mol. The maximum Gasteiger partial charge on any atom is 0.229 e. The number of fused-ring (bicyclic) bond motifs is 2. The first kappa shape index (κ1) is 16.4. The smallest absolute Gasteiger partial charge is 0.229 e. The topological polar surface area (TPSA) is 77.5 Å². The van der Waals surface area contributed by atoms with Crippen LogP contribution in [0.25, 0.3) is 10.9 Å². The standard InChI is InChI=1S/C19H20N4O3/c1-24-9-8-20-18-14-4-2-3-5-15(14)22-19(23-18)21-13-6-7-16-17(12-13)26-11-10-25-16/h2-7,12H,8-11H2,1H3,(H2,20,21,22,23). The number of hydrogen-bond acceptors (Lipinski definition) is 7. The molecule has 1 aromatic heterocycles. The van der Waals surface area contributed by atoms with Crippen molar-refractivity contribution < 1.29 is 14.2 Å². The minimum Gasteiger partial charge on any atom is -0.486 e. The summed E-state index contributed by atoms with van der Waals surface area (Å²) < 4.78 is 16.3. The van der Waals surface area contributed by atoms with Crippen molar-refractivity contribution in [1.82, 2.24) is 9.97 Å². The van der Waals surface area contributed by atoms with Gasteiger partial charge in [0.25, 0.3) is 0 Å². The summed E-state index contributed by atoms with van der Waals surface area (Å²) in [6, 6.07) is 13.6. The van der Waals surface area contributed by atoms with Crippen molar-refractivity contribution in [3.63, 3.8) is 0 Å². The van der Waals surface area contributed by atoms with Crippen LogP contribution in [0.5, 0.6) is 11.5 Å². The van der Waals surface area contributed by atoms with E-state index in [1.807, 2.05) is 42.5 Å². The molecule has 0 spiro atoms. The van der Waals surface area contributed by atoms with Gasteiger partial charge in [0.05, 0.1) is 12.1 Å². The molecule has 0 saturated heterocycles. The number of methoxy groups -OCH3 is 1. The minimum atomic E-state index is 0.514. The molecule has 0 bridgehead atoms. The highest BCUT2D eigenvalue weighted by atomic mass is 16.6. The lowest BCUT2D eigenvalue weighted by Crippen LogP contribution is -2.15. The Morgan fingerprint density at radius 1 is 1.04 bits per heavy atom. The lowest BCUT2D eigenvalue weighted by Gasteiger charge is -2.19. The molecule has 0 unspecified atom stereocenters. The van der Waals surface area contributed by atoms with Crippen molar-refractivity contribution in [2.45, 2.75) is 0 Å². The lowest BCUT2D eigenvalue weighted by molar-refractivity contribution is 0.171. The Balaban J connectivity index is 1.63. The van der Waals surface area contributed by atoms with E-state index in [4.69, 9.17) is 14.2 Å². The minimum absolute atomic E-state index is 0.514. The summed E-state index contributed by atoms with van der Waals surface area (Å²) in [5.74, 6) is 2.76. The van der Waals surface area contributed by atoms with Gasteiger partial charge < -0.3 is 24.8 Å². The van der Waals surface area contributed by atoms with Gasteiger partial charge in [-0.05, 0) is 24.3 Å². The molecule has 0 fully saturated rings. The van der Waals surface area contributed by atoms with Gasteiger partial charge in [0.15, 0.2) is 11.5 Å². The quantitative estimate of drug-likeness (QED) is 0.660. The van der Waals surface area contributed by atoms with Gasteiger partial charge in [-0.2, -0.15) is 4.98 Å². The van der Waals surface area contributed by atoms with Crippen molar-refractivity contribution in [3.05, 3.63) is 42.5 Å². The molecular formula is C19H20N4O3. The second kappa shape index (κ2) is 7.45. The number of hydrogen-bond donors (Lipinski definition) is 2. The van der Waals surface area contributed by atoms with Crippen LogP contribution in [0.2, 0.25) is 0 Å². The van der Waals surface area contributed by atoms with Gasteiger partial charge in [-0.25, -0.2) is 4.98 Å². The highest BCUT2D eigenvalue weighted by Gasteiger charge is 2.13. The zero-order valence-electron chi connectivity index (χ0n) is 14.5. The van der Waals surface area contributed by atoms with Crippen LogP contribution in [0.4, 0.5) is 17.5 Å². The molecule has 2 aromatic carbocycles. The Kier molecular flexibility index (Phi) is 4.70. The third kappa shape index (κ3) is 3.48. The van der Waals surface area contributed by atoms with Crippen LogP contribution < -0.4 is 20.1 Å². The predicted molar refractivity (Wildman–Crippen MR) is 101 cm³/mol. The van der Waals surface area contributed by atoms with Crippen molar-refractivity contribution in [1.29, 1.82) is 0 Å². The molecule has 26 heavy (non-hydrogen) atoms. The van der Waals surface area contributed by atoms with Crippen molar-refractivity contribution in [2.75, 3.05) is 44.1 Å². The summed E-state index contributed by atoms with van der Waals surface area (Å²) in [6.07, 6.45) is 0. The Labute approximate surface area is 151 Å². The number of nitrogens with zero attached hydrogens (tertiary/aromatic N) is 2. The number of benzene rings is 2. The third-order valence-electron chi connectivity index (χ3n) is 4.00. The molecule has 1 aliphatic rings. The van der Waals surface area contributed by atoms with Crippen LogP contribution >= 0.6 is 0 Å².